The Morgan fingerprint density at radius 3 is 2.60 bits per heavy atom. The molecule has 0 saturated carbocycles. The van der Waals surface area contributed by atoms with Gasteiger partial charge in [0.2, 0.25) is 0 Å². The van der Waals surface area contributed by atoms with Crippen molar-refractivity contribution in [1.29, 1.82) is 0 Å². The molecule has 2 aromatic rings. The maximum absolute atomic E-state index is 12.7. The molecule has 160 valence electrons. The van der Waals surface area contributed by atoms with E-state index in [2.05, 4.69) is 10.6 Å². The van der Waals surface area contributed by atoms with Crippen LogP contribution in [0.4, 0.5) is 13.2 Å². The highest BCUT2D eigenvalue weighted by atomic mass is 19.4. The number of furan rings is 1. The Kier molecular flexibility index (Phi) is 6.94. The molecule has 0 bridgehead atoms. The number of carbonyl (C=O) groups excluding carboxylic acids is 2. The maximum atomic E-state index is 12.7. The molecular weight excluding hydrogens is 399 g/mol. The Hall–Kier alpha value is -3.07. The number of hydrogen-bond donors (Lipinski definition) is 2. The molecule has 0 radical (unpaired) electrons. The molecule has 1 aromatic heterocycles. The molecule has 0 spiro atoms. The number of hydrogen-bond acceptors (Lipinski definition) is 4. The summed E-state index contributed by atoms with van der Waals surface area (Å²) < 4.78 is 42.8. The van der Waals surface area contributed by atoms with Crippen LogP contribution < -0.4 is 10.6 Å². The van der Waals surface area contributed by atoms with Crippen LogP contribution in [0.15, 0.2) is 58.8 Å². The van der Waals surface area contributed by atoms with E-state index in [-0.39, 0.29) is 24.7 Å². The molecule has 1 atom stereocenters. The van der Waals surface area contributed by atoms with Gasteiger partial charge in [-0.2, -0.15) is 13.2 Å². The first-order chi connectivity index (χ1) is 14.3. The average Bonchev–Trinajstić information content (AvgIpc) is 3.37. The minimum Gasteiger partial charge on any atom is -0.465 e. The first-order valence-electron chi connectivity index (χ1n) is 9.49. The zero-order valence-electron chi connectivity index (χ0n) is 16.1. The van der Waals surface area contributed by atoms with Gasteiger partial charge in [-0.25, -0.2) is 0 Å². The summed E-state index contributed by atoms with van der Waals surface area (Å²) in [5, 5.41) is 5.28. The quantitative estimate of drug-likeness (QED) is 0.674. The van der Waals surface area contributed by atoms with Gasteiger partial charge in [-0.05, 0) is 43.1 Å². The molecule has 2 heterocycles. The van der Waals surface area contributed by atoms with Crippen molar-refractivity contribution in [3.05, 3.63) is 65.7 Å². The van der Waals surface area contributed by atoms with Crippen LogP contribution in [0.2, 0.25) is 0 Å². The Balaban J connectivity index is 1.61. The normalized spacial score (nSPS) is 17.7. The molecule has 1 fully saturated rings. The van der Waals surface area contributed by atoms with Crippen molar-refractivity contribution in [3.63, 3.8) is 0 Å². The Bertz CT molecular complexity index is 880. The monoisotopic (exact) mass is 421 g/mol. The van der Waals surface area contributed by atoms with Crippen molar-refractivity contribution in [2.45, 2.75) is 12.6 Å². The van der Waals surface area contributed by atoms with E-state index in [0.29, 0.717) is 24.3 Å². The second-order valence-corrected chi connectivity index (χ2v) is 7.11. The van der Waals surface area contributed by atoms with Gasteiger partial charge in [0.25, 0.3) is 11.8 Å². The molecule has 1 aromatic carbocycles. The number of nitrogens with one attached hydrogen (secondary N) is 2. The van der Waals surface area contributed by atoms with Crippen LogP contribution in [0.1, 0.15) is 22.5 Å². The van der Waals surface area contributed by atoms with E-state index in [1.807, 2.05) is 0 Å². The summed E-state index contributed by atoms with van der Waals surface area (Å²) in [4.78, 5) is 26.4. The minimum atomic E-state index is -4.24. The van der Waals surface area contributed by atoms with Gasteiger partial charge in [-0.1, -0.05) is 18.2 Å². The summed E-state index contributed by atoms with van der Waals surface area (Å²) in [7, 11) is 0. The molecule has 3 rings (SSSR count). The predicted molar refractivity (Wildman–Crippen MR) is 104 cm³/mol. The Morgan fingerprint density at radius 1 is 1.17 bits per heavy atom. The van der Waals surface area contributed by atoms with Crippen molar-refractivity contribution in [2.24, 2.45) is 5.92 Å². The van der Waals surface area contributed by atoms with Gasteiger partial charge in [0.1, 0.15) is 11.5 Å². The number of benzene rings is 1. The number of carbonyl (C=O) groups is 2. The van der Waals surface area contributed by atoms with Crippen molar-refractivity contribution >= 4 is 17.9 Å². The molecule has 6 nitrogen and oxygen atoms in total. The summed E-state index contributed by atoms with van der Waals surface area (Å²) in [6, 6.07) is 11.7. The fourth-order valence-corrected chi connectivity index (χ4v) is 3.27. The van der Waals surface area contributed by atoms with Gasteiger partial charge in [-0.15, -0.1) is 0 Å². The Morgan fingerprint density at radius 2 is 1.93 bits per heavy atom. The molecule has 0 aliphatic carbocycles. The molecule has 2 N–H and O–H groups in total. The molecule has 1 aliphatic heterocycles. The lowest BCUT2D eigenvalue weighted by Crippen LogP contribution is -2.38. The van der Waals surface area contributed by atoms with Crippen molar-refractivity contribution in [1.82, 2.24) is 15.5 Å². The van der Waals surface area contributed by atoms with E-state index in [4.69, 9.17) is 4.42 Å². The molecule has 30 heavy (non-hydrogen) atoms. The minimum absolute atomic E-state index is 0.0102. The zero-order valence-corrected chi connectivity index (χ0v) is 16.1. The third-order valence-corrected chi connectivity index (χ3v) is 4.68. The zero-order chi connectivity index (χ0) is 21.6. The van der Waals surface area contributed by atoms with Crippen molar-refractivity contribution in [2.75, 3.05) is 26.2 Å². The van der Waals surface area contributed by atoms with Crippen LogP contribution in [0, 0.1) is 5.92 Å². The van der Waals surface area contributed by atoms with Gasteiger partial charge < -0.3 is 15.1 Å². The molecule has 2 amide bonds. The number of alkyl halides is 3. The van der Waals surface area contributed by atoms with Crippen molar-refractivity contribution < 1.29 is 27.2 Å². The number of rotatable bonds is 7. The van der Waals surface area contributed by atoms with E-state index in [1.165, 1.54) is 17.2 Å². The van der Waals surface area contributed by atoms with E-state index in [9.17, 15) is 22.8 Å². The second kappa shape index (κ2) is 9.62. The molecule has 1 unspecified atom stereocenters. The number of amides is 2. The summed E-state index contributed by atoms with van der Waals surface area (Å²) in [5.74, 6) is -0.706. The first kappa shape index (κ1) is 21.6. The smallest absolute Gasteiger partial charge is 0.401 e. The van der Waals surface area contributed by atoms with Gasteiger partial charge in [0.05, 0.1) is 12.8 Å². The highest BCUT2D eigenvalue weighted by Crippen LogP contribution is 2.22. The highest BCUT2D eigenvalue weighted by Gasteiger charge is 2.34. The van der Waals surface area contributed by atoms with E-state index in [0.717, 1.165) is 0 Å². The first-order valence-corrected chi connectivity index (χ1v) is 9.49. The number of likely N-dealkylation sites (tertiary alicyclic amines) is 1. The lowest BCUT2D eigenvalue weighted by Gasteiger charge is -2.18. The van der Waals surface area contributed by atoms with E-state index >= 15 is 0 Å². The Labute approximate surface area is 171 Å². The molecule has 1 aliphatic rings. The summed E-state index contributed by atoms with van der Waals surface area (Å²) in [5.41, 5.74) is 0.373. The van der Waals surface area contributed by atoms with E-state index in [1.54, 1.807) is 42.5 Å². The van der Waals surface area contributed by atoms with Crippen LogP contribution in [-0.2, 0) is 4.79 Å². The van der Waals surface area contributed by atoms with Crippen LogP contribution in [0.5, 0.6) is 0 Å². The fraction of sp³-hybridized carbons (Fsp3) is 0.333. The van der Waals surface area contributed by atoms with Crippen LogP contribution in [0.25, 0.3) is 6.08 Å². The molecule has 9 heteroatoms. The average molecular weight is 421 g/mol. The predicted octanol–water partition coefficient (Wildman–Crippen LogP) is 3.05. The van der Waals surface area contributed by atoms with Crippen LogP contribution >= 0.6 is 0 Å². The van der Waals surface area contributed by atoms with Crippen LogP contribution in [-0.4, -0.2) is 49.1 Å². The van der Waals surface area contributed by atoms with Gasteiger partial charge in [-0.3, -0.25) is 14.5 Å². The maximum Gasteiger partial charge on any atom is 0.401 e. The highest BCUT2D eigenvalue weighted by molar-refractivity contribution is 6.05. The second-order valence-electron chi connectivity index (χ2n) is 7.11. The number of halogens is 3. The van der Waals surface area contributed by atoms with Crippen molar-refractivity contribution in [3.8, 4) is 0 Å². The third kappa shape index (κ3) is 6.48. The van der Waals surface area contributed by atoms with Gasteiger partial charge >= 0.3 is 6.18 Å². The lowest BCUT2D eigenvalue weighted by molar-refractivity contribution is -0.143. The molecule has 1 saturated heterocycles. The third-order valence-electron chi connectivity index (χ3n) is 4.68. The standard InChI is InChI=1S/C21H22F3N3O3/c22-21(23,24)14-27-9-8-15(13-27)12-25-20(29)18(11-17-7-4-10-30-17)26-19(28)16-5-2-1-3-6-16/h1-7,10-11,15H,8-9,12-14H2,(H,25,29)(H,26,28)/b18-11-. The fourth-order valence-electron chi connectivity index (χ4n) is 3.27. The van der Waals surface area contributed by atoms with Gasteiger partial charge in [0.15, 0.2) is 0 Å². The topological polar surface area (TPSA) is 74.6 Å². The largest absolute Gasteiger partial charge is 0.465 e. The SMILES string of the molecule is O=C(NCC1CCN(CC(F)(F)F)C1)/C(=C/c1ccco1)NC(=O)c1ccccc1. The summed E-state index contributed by atoms with van der Waals surface area (Å²) in [6.45, 7) is -0.147. The lowest BCUT2D eigenvalue weighted by atomic mass is 10.1. The number of nitrogens with zero attached hydrogens (tertiary/aromatic N) is 1. The van der Waals surface area contributed by atoms with E-state index < -0.39 is 24.5 Å². The summed E-state index contributed by atoms with van der Waals surface area (Å²) >= 11 is 0. The van der Waals surface area contributed by atoms with Gasteiger partial charge in [0, 0.05) is 24.7 Å². The summed E-state index contributed by atoms with van der Waals surface area (Å²) in [6.07, 6.45) is -0.836. The molecular formula is C21H22F3N3O3. The van der Waals surface area contributed by atoms with Crippen LogP contribution in [0.3, 0.4) is 0 Å².